The third kappa shape index (κ3) is 2.37. The molecule has 4 nitrogen and oxygen atoms in total. The van der Waals surface area contributed by atoms with Crippen molar-refractivity contribution in [1.29, 1.82) is 0 Å². The number of fused-ring (bicyclic) bond motifs is 2. The lowest BCUT2D eigenvalue weighted by Crippen LogP contribution is -2.39. The number of rotatable bonds is 3. The van der Waals surface area contributed by atoms with Crippen molar-refractivity contribution in [3.8, 4) is 5.75 Å². The summed E-state index contributed by atoms with van der Waals surface area (Å²) in [7, 11) is 0. The quantitative estimate of drug-likeness (QED) is 0.836. The number of ether oxygens (including phenoxy) is 2. The Bertz CT molecular complexity index is 635. The molecule has 0 bridgehead atoms. The van der Waals surface area contributed by atoms with E-state index >= 15 is 0 Å². The van der Waals surface area contributed by atoms with Crippen LogP contribution in [0.5, 0.6) is 5.75 Å². The fourth-order valence-electron chi connectivity index (χ4n) is 3.27. The van der Waals surface area contributed by atoms with Crippen molar-refractivity contribution in [2.24, 2.45) is 5.10 Å². The average Bonchev–Trinajstić information content (AvgIpc) is 3.09. The SMILES string of the molecule is Cc1ccccc1OCC1=NN2C(=CSC23CCCCC3)O1. The Morgan fingerprint density at radius 3 is 2.91 bits per heavy atom. The predicted molar refractivity (Wildman–Crippen MR) is 88.5 cm³/mol. The van der Waals surface area contributed by atoms with Crippen molar-refractivity contribution < 1.29 is 9.47 Å². The first-order valence-corrected chi connectivity index (χ1v) is 8.77. The van der Waals surface area contributed by atoms with Crippen LogP contribution in [0.3, 0.4) is 0 Å². The zero-order valence-corrected chi connectivity index (χ0v) is 13.6. The Morgan fingerprint density at radius 1 is 1.27 bits per heavy atom. The molecule has 1 spiro atoms. The topological polar surface area (TPSA) is 34.1 Å². The molecular formula is C17H20N2O2S. The van der Waals surface area contributed by atoms with Crippen LogP contribution in [-0.2, 0) is 4.74 Å². The summed E-state index contributed by atoms with van der Waals surface area (Å²) >= 11 is 1.87. The Balaban J connectivity index is 1.45. The van der Waals surface area contributed by atoms with Crippen molar-refractivity contribution in [2.75, 3.05) is 6.61 Å². The molecule has 0 amide bonds. The van der Waals surface area contributed by atoms with Gasteiger partial charge in [-0.3, -0.25) is 0 Å². The number of para-hydroxylation sites is 1. The van der Waals surface area contributed by atoms with Crippen LogP contribution in [0.2, 0.25) is 0 Å². The van der Waals surface area contributed by atoms with E-state index in [2.05, 4.69) is 15.5 Å². The lowest BCUT2D eigenvalue weighted by atomic mass is 9.94. The summed E-state index contributed by atoms with van der Waals surface area (Å²) < 4.78 is 11.7. The minimum Gasteiger partial charge on any atom is -0.484 e. The van der Waals surface area contributed by atoms with Crippen LogP contribution >= 0.6 is 11.8 Å². The zero-order valence-electron chi connectivity index (χ0n) is 12.7. The van der Waals surface area contributed by atoms with Crippen molar-refractivity contribution >= 4 is 17.7 Å². The van der Waals surface area contributed by atoms with Gasteiger partial charge in [0.2, 0.25) is 5.88 Å². The van der Waals surface area contributed by atoms with E-state index < -0.39 is 0 Å². The van der Waals surface area contributed by atoms with Crippen molar-refractivity contribution in [3.05, 3.63) is 41.1 Å². The maximum absolute atomic E-state index is 5.87. The molecule has 2 heterocycles. The maximum Gasteiger partial charge on any atom is 0.252 e. The molecular weight excluding hydrogens is 296 g/mol. The number of thioether (sulfide) groups is 1. The van der Waals surface area contributed by atoms with E-state index in [1.54, 1.807) is 0 Å². The van der Waals surface area contributed by atoms with E-state index in [0.717, 1.165) is 17.2 Å². The predicted octanol–water partition coefficient (Wildman–Crippen LogP) is 4.23. The molecule has 2 aliphatic heterocycles. The van der Waals surface area contributed by atoms with Crippen molar-refractivity contribution in [3.63, 3.8) is 0 Å². The first-order valence-electron chi connectivity index (χ1n) is 7.89. The van der Waals surface area contributed by atoms with Crippen LogP contribution in [-0.4, -0.2) is 22.4 Å². The third-order valence-electron chi connectivity index (χ3n) is 4.49. The normalized spacial score (nSPS) is 22.1. The van der Waals surface area contributed by atoms with Crippen molar-refractivity contribution in [1.82, 2.24) is 5.01 Å². The van der Waals surface area contributed by atoms with E-state index in [0.29, 0.717) is 12.5 Å². The zero-order chi connectivity index (χ0) is 15.0. The van der Waals surface area contributed by atoms with Gasteiger partial charge in [0.25, 0.3) is 5.90 Å². The third-order valence-corrected chi connectivity index (χ3v) is 5.83. The van der Waals surface area contributed by atoms with Gasteiger partial charge in [-0.25, -0.2) is 5.01 Å². The van der Waals surface area contributed by atoms with Gasteiger partial charge < -0.3 is 9.47 Å². The Labute approximate surface area is 135 Å². The summed E-state index contributed by atoms with van der Waals surface area (Å²) in [5.74, 6) is 2.41. The van der Waals surface area contributed by atoms with Crippen LogP contribution in [0.4, 0.5) is 0 Å². The van der Waals surface area contributed by atoms with Crippen LogP contribution in [0.25, 0.3) is 0 Å². The van der Waals surface area contributed by atoms with Gasteiger partial charge in [0.05, 0.1) is 0 Å². The van der Waals surface area contributed by atoms with Gasteiger partial charge in [-0.1, -0.05) is 49.2 Å². The molecule has 1 aromatic rings. The Hall–Kier alpha value is -1.62. The van der Waals surface area contributed by atoms with E-state index in [9.17, 15) is 0 Å². The van der Waals surface area contributed by atoms with Crippen LogP contribution < -0.4 is 4.74 Å². The molecule has 1 aromatic carbocycles. The van der Waals surface area contributed by atoms with Gasteiger partial charge in [-0.2, -0.15) is 0 Å². The lowest BCUT2D eigenvalue weighted by molar-refractivity contribution is 0.149. The second kappa shape index (κ2) is 5.54. The molecule has 4 rings (SSSR count). The van der Waals surface area contributed by atoms with Gasteiger partial charge in [0, 0.05) is 5.41 Å². The fourth-order valence-corrected chi connectivity index (χ4v) is 4.49. The monoisotopic (exact) mass is 316 g/mol. The van der Waals surface area contributed by atoms with Gasteiger partial charge in [0.15, 0.2) is 6.61 Å². The van der Waals surface area contributed by atoms with E-state index in [1.807, 2.05) is 43.0 Å². The summed E-state index contributed by atoms with van der Waals surface area (Å²) in [6.07, 6.45) is 6.23. The lowest BCUT2D eigenvalue weighted by Gasteiger charge is -2.37. The number of hydrazone groups is 1. The second-order valence-corrected chi connectivity index (χ2v) is 7.27. The molecule has 0 radical (unpaired) electrons. The molecule has 0 unspecified atom stereocenters. The van der Waals surface area contributed by atoms with Gasteiger partial charge >= 0.3 is 0 Å². The molecule has 0 aromatic heterocycles. The number of nitrogens with zero attached hydrogens (tertiary/aromatic N) is 2. The van der Waals surface area contributed by atoms with E-state index in [-0.39, 0.29) is 4.87 Å². The minimum absolute atomic E-state index is 0.0952. The summed E-state index contributed by atoms with van der Waals surface area (Å²) in [4.78, 5) is 0.0952. The van der Waals surface area contributed by atoms with E-state index in [4.69, 9.17) is 9.47 Å². The number of hydrogen-bond donors (Lipinski definition) is 0. The fraction of sp³-hybridized carbons (Fsp3) is 0.471. The smallest absolute Gasteiger partial charge is 0.252 e. The molecule has 1 aliphatic carbocycles. The highest BCUT2D eigenvalue weighted by molar-refractivity contribution is 8.03. The first kappa shape index (κ1) is 14.0. The highest BCUT2D eigenvalue weighted by atomic mass is 32.2. The van der Waals surface area contributed by atoms with Gasteiger partial charge in [-0.15, -0.1) is 5.10 Å². The highest BCUT2D eigenvalue weighted by Crippen LogP contribution is 2.51. The second-order valence-electron chi connectivity index (χ2n) is 6.04. The van der Waals surface area contributed by atoms with Crippen LogP contribution in [0, 0.1) is 6.92 Å². The molecule has 5 heteroatoms. The van der Waals surface area contributed by atoms with Crippen molar-refractivity contribution in [2.45, 2.75) is 43.9 Å². The summed E-state index contributed by atoms with van der Waals surface area (Å²) in [6.45, 7) is 2.42. The van der Waals surface area contributed by atoms with E-state index in [1.165, 1.54) is 32.1 Å². The van der Waals surface area contributed by atoms with Gasteiger partial charge in [0.1, 0.15) is 10.6 Å². The first-order chi connectivity index (χ1) is 10.8. The molecule has 1 saturated carbocycles. The molecule has 1 fully saturated rings. The Kier molecular flexibility index (Phi) is 3.53. The standard InChI is InChI=1S/C17H20N2O2S/c1-13-7-3-4-8-14(13)20-11-15-18-19-16(21-15)12-22-17(19)9-5-2-6-10-17/h3-4,7-8,12H,2,5-6,9-11H2,1H3. The molecule has 0 saturated heterocycles. The molecule has 0 atom stereocenters. The number of hydrogen-bond acceptors (Lipinski definition) is 5. The maximum atomic E-state index is 5.87. The summed E-state index contributed by atoms with van der Waals surface area (Å²) in [5, 5.41) is 8.88. The minimum atomic E-state index is 0.0952. The van der Waals surface area contributed by atoms with Crippen LogP contribution in [0.1, 0.15) is 37.7 Å². The molecule has 22 heavy (non-hydrogen) atoms. The molecule has 116 valence electrons. The molecule has 3 aliphatic rings. The highest BCUT2D eigenvalue weighted by Gasteiger charge is 2.47. The summed E-state index contributed by atoms with van der Waals surface area (Å²) in [5.41, 5.74) is 1.13. The van der Waals surface area contributed by atoms with Crippen LogP contribution in [0.15, 0.2) is 40.7 Å². The largest absolute Gasteiger partial charge is 0.484 e. The average molecular weight is 316 g/mol. The summed E-state index contributed by atoms with van der Waals surface area (Å²) in [6, 6.07) is 8.01. The molecule has 0 N–H and O–H groups in total. The number of aryl methyl sites for hydroxylation is 1. The Morgan fingerprint density at radius 2 is 2.09 bits per heavy atom. The number of benzene rings is 1. The van der Waals surface area contributed by atoms with Gasteiger partial charge in [-0.05, 0) is 31.4 Å².